The molecular weight excluding hydrogens is 352 g/mol. The Morgan fingerprint density at radius 2 is 1.93 bits per heavy atom. The van der Waals surface area contributed by atoms with Crippen molar-refractivity contribution in [3.05, 3.63) is 40.8 Å². The van der Waals surface area contributed by atoms with Crippen LogP contribution in [0.4, 0.5) is 0 Å². The second-order valence-electron chi connectivity index (χ2n) is 6.07. The first-order valence-electron chi connectivity index (χ1n) is 8.37. The molecule has 0 saturated heterocycles. The van der Waals surface area contributed by atoms with Crippen molar-refractivity contribution < 1.29 is 28.3 Å². The van der Waals surface area contributed by atoms with Crippen LogP contribution in [-0.2, 0) is 16.1 Å². The Kier molecular flexibility index (Phi) is 6.44. The molecule has 0 saturated carbocycles. The fourth-order valence-electron chi connectivity index (χ4n) is 2.49. The smallest absolute Gasteiger partial charge is 0.328 e. The van der Waals surface area contributed by atoms with E-state index in [0.717, 1.165) is 11.3 Å². The van der Waals surface area contributed by atoms with Crippen molar-refractivity contribution in [2.24, 2.45) is 0 Å². The number of carbonyl (C=O) groups is 2. The van der Waals surface area contributed by atoms with Gasteiger partial charge in [-0.2, -0.15) is 0 Å². The summed E-state index contributed by atoms with van der Waals surface area (Å²) in [5.74, 6) is 0.766. The van der Waals surface area contributed by atoms with Gasteiger partial charge < -0.3 is 23.6 Å². The number of carbonyl (C=O) groups excluding carboxylic acids is 2. The van der Waals surface area contributed by atoms with E-state index in [2.05, 4.69) is 9.89 Å². The first-order chi connectivity index (χ1) is 12.8. The number of ether oxygens (including phenoxy) is 3. The van der Waals surface area contributed by atoms with E-state index in [1.807, 2.05) is 13.8 Å². The van der Waals surface area contributed by atoms with Crippen LogP contribution in [0.3, 0.4) is 0 Å². The first-order valence-corrected chi connectivity index (χ1v) is 8.37. The van der Waals surface area contributed by atoms with Crippen molar-refractivity contribution in [1.82, 2.24) is 10.1 Å². The number of hydrogen-bond donors (Lipinski definition) is 0. The molecule has 0 unspecified atom stereocenters. The number of aromatic nitrogens is 1. The zero-order valence-corrected chi connectivity index (χ0v) is 16.4. The van der Waals surface area contributed by atoms with Gasteiger partial charge in [0.1, 0.15) is 18.4 Å². The van der Waals surface area contributed by atoms with Crippen LogP contribution in [0.2, 0.25) is 0 Å². The van der Waals surface area contributed by atoms with Crippen LogP contribution in [-0.4, -0.2) is 49.2 Å². The number of likely N-dealkylation sites (N-methyl/N-ethyl adjacent to an activating group) is 1. The van der Waals surface area contributed by atoms with Crippen LogP contribution < -0.4 is 9.47 Å². The maximum absolute atomic E-state index is 12.6. The highest BCUT2D eigenvalue weighted by Gasteiger charge is 2.24. The lowest BCUT2D eigenvalue weighted by molar-refractivity contribution is -0.144. The third kappa shape index (κ3) is 4.39. The van der Waals surface area contributed by atoms with Gasteiger partial charge in [-0.05, 0) is 39.0 Å². The molecular formula is C19H24N2O6. The number of esters is 1. The zero-order valence-electron chi connectivity index (χ0n) is 16.4. The molecule has 8 nitrogen and oxygen atoms in total. The molecule has 1 atom stereocenters. The minimum absolute atomic E-state index is 0.268. The van der Waals surface area contributed by atoms with Gasteiger partial charge in [0.25, 0.3) is 5.91 Å². The van der Waals surface area contributed by atoms with Crippen LogP contribution in [0.5, 0.6) is 11.5 Å². The maximum Gasteiger partial charge on any atom is 0.328 e. The molecule has 0 aliphatic carbocycles. The number of rotatable bonds is 7. The second kappa shape index (κ2) is 8.57. The molecule has 8 heteroatoms. The molecule has 2 rings (SSSR count). The van der Waals surface area contributed by atoms with Crippen LogP contribution in [0.1, 0.15) is 34.3 Å². The Labute approximate surface area is 158 Å². The maximum atomic E-state index is 12.6. The predicted molar refractivity (Wildman–Crippen MR) is 96.9 cm³/mol. The number of methoxy groups -OCH3 is 2. The summed E-state index contributed by atoms with van der Waals surface area (Å²) in [4.78, 5) is 25.6. The molecule has 1 aromatic carbocycles. The minimum atomic E-state index is -0.705. The van der Waals surface area contributed by atoms with Crippen molar-refractivity contribution in [3.8, 4) is 11.5 Å². The van der Waals surface area contributed by atoms with Crippen molar-refractivity contribution >= 4 is 11.9 Å². The van der Waals surface area contributed by atoms with Crippen LogP contribution in [0.25, 0.3) is 0 Å². The molecule has 0 aliphatic heterocycles. The molecule has 0 radical (unpaired) electrons. The van der Waals surface area contributed by atoms with Gasteiger partial charge in [-0.15, -0.1) is 0 Å². The summed E-state index contributed by atoms with van der Waals surface area (Å²) in [5, 5.41) is 3.89. The average molecular weight is 376 g/mol. The van der Waals surface area contributed by atoms with Gasteiger partial charge in [-0.1, -0.05) is 5.16 Å². The SMILES string of the molecule is COC(=O)[C@@H](C)N(C)C(=O)c1ccc(OCc2c(C)noc2C)c(OC)c1. The molecule has 0 N–H and O–H groups in total. The van der Waals surface area contributed by atoms with E-state index in [4.69, 9.17) is 14.0 Å². The highest BCUT2D eigenvalue weighted by atomic mass is 16.5. The van der Waals surface area contributed by atoms with Crippen molar-refractivity contribution in [2.45, 2.75) is 33.4 Å². The fraction of sp³-hybridized carbons (Fsp3) is 0.421. The van der Waals surface area contributed by atoms with Gasteiger partial charge >= 0.3 is 5.97 Å². The molecule has 0 bridgehead atoms. The number of aryl methyl sites for hydroxylation is 2. The van der Waals surface area contributed by atoms with Crippen LogP contribution >= 0.6 is 0 Å². The van der Waals surface area contributed by atoms with Crippen molar-refractivity contribution in [1.29, 1.82) is 0 Å². The lowest BCUT2D eigenvalue weighted by Crippen LogP contribution is -2.40. The van der Waals surface area contributed by atoms with Gasteiger partial charge in [0, 0.05) is 12.6 Å². The summed E-state index contributed by atoms with van der Waals surface area (Å²) in [6.07, 6.45) is 0. The Hall–Kier alpha value is -3.03. The molecule has 1 aromatic heterocycles. The molecule has 146 valence electrons. The molecule has 1 heterocycles. The Balaban J connectivity index is 2.17. The van der Waals surface area contributed by atoms with Gasteiger partial charge in [-0.3, -0.25) is 4.79 Å². The van der Waals surface area contributed by atoms with Gasteiger partial charge in [0.15, 0.2) is 11.5 Å². The summed E-state index contributed by atoms with van der Waals surface area (Å²) in [6, 6.07) is 4.14. The Bertz CT molecular complexity index is 810. The third-order valence-electron chi connectivity index (χ3n) is 4.41. The van der Waals surface area contributed by atoms with E-state index in [9.17, 15) is 9.59 Å². The lowest BCUT2D eigenvalue weighted by Gasteiger charge is -2.23. The summed E-state index contributed by atoms with van der Waals surface area (Å²) in [7, 11) is 4.32. The monoisotopic (exact) mass is 376 g/mol. The number of hydrogen-bond acceptors (Lipinski definition) is 7. The predicted octanol–water partition coefficient (Wildman–Crippen LogP) is 2.51. The van der Waals surface area contributed by atoms with Gasteiger partial charge in [-0.25, -0.2) is 4.79 Å². The summed E-state index contributed by atoms with van der Waals surface area (Å²) >= 11 is 0. The van der Waals surface area contributed by atoms with Crippen LogP contribution in [0, 0.1) is 13.8 Å². The van der Waals surface area contributed by atoms with Gasteiger partial charge in [0.05, 0.1) is 25.5 Å². The van der Waals surface area contributed by atoms with E-state index >= 15 is 0 Å². The zero-order chi connectivity index (χ0) is 20.1. The minimum Gasteiger partial charge on any atom is -0.493 e. The van der Waals surface area contributed by atoms with E-state index in [0.29, 0.717) is 22.8 Å². The first kappa shape index (κ1) is 20.3. The highest BCUT2D eigenvalue weighted by molar-refractivity contribution is 5.97. The Morgan fingerprint density at radius 3 is 2.48 bits per heavy atom. The molecule has 2 aromatic rings. The topological polar surface area (TPSA) is 91.1 Å². The highest BCUT2D eigenvalue weighted by Crippen LogP contribution is 2.30. The van der Waals surface area contributed by atoms with E-state index < -0.39 is 12.0 Å². The molecule has 1 amide bonds. The summed E-state index contributed by atoms with van der Waals surface area (Å²) < 4.78 is 21.0. The third-order valence-corrected chi connectivity index (χ3v) is 4.41. The van der Waals surface area contributed by atoms with Gasteiger partial charge in [0.2, 0.25) is 0 Å². The number of nitrogens with zero attached hydrogens (tertiary/aromatic N) is 2. The fourth-order valence-corrected chi connectivity index (χ4v) is 2.49. The molecule has 27 heavy (non-hydrogen) atoms. The largest absolute Gasteiger partial charge is 0.493 e. The van der Waals surface area contributed by atoms with E-state index in [1.54, 1.807) is 25.1 Å². The van der Waals surface area contributed by atoms with Crippen LogP contribution in [0.15, 0.2) is 22.7 Å². The molecule has 0 fully saturated rings. The second-order valence-corrected chi connectivity index (χ2v) is 6.07. The van der Waals surface area contributed by atoms with E-state index in [1.165, 1.54) is 26.2 Å². The molecule has 0 aliphatic rings. The summed E-state index contributed by atoms with van der Waals surface area (Å²) in [6.45, 7) is 5.52. The number of benzene rings is 1. The van der Waals surface area contributed by atoms with E-state index in [-0.39, 0.29) is 12.5 Å². The van der Waals surface area contributed by atoms with Crippen molar-refractivity contribution in [3.63, 3.8) is 0 Å². The number of amides is 1. The molecule has 0 spiro atoms. The summed E-state index contributed by atoms with van der Waals surface area (Å²) in [5.41, 5.74) is 2.00. The van der Waals surface area contributed by atoms with Crippen molar-refractivity contribution in [2.75, 3.05) is 21.3 Å². The average Bonchev–Trinajstić information content (AvgIpc) is 3.01. The lowest BCUT2D eigenvalue weighted by atomic mass is 10.1. The Morgan fingerprint density at radius 1 is 1.22 bits per heavy atom. The quantitative estimate of drug-likeness (QED) is 0.686. The normalized spacial score (nSPS) is 11.6. The standard InChI is InChI=1S/C19H24N2O6/c1-11-15(13(3)27-20-11)10-26-16-8-7-14(9-17(16)24-5)18(22)21(4)12(2)19(23)25-6/h7-9,12H,10H2,1-6H3/t12-/m1/s1.